The summed E-state index contributed by atoms with van der Waals surface area (Å²) in [6.07, 6.45) is 0.826. The second-order valence-corrected chi connectivity index (χ2v) is 8.87. The number of thioether (sulfide) groups is 1. The molecule has 0 unspecified atom stereocenters. The van der Waals surface area contributed by atoms with Crippen LogP contribution in [0.5, 0.6) is 0 Å². The molecule has 0 bridgehead atoms. The standard InChI is InChI=1S/C22H22ClN3O3S/c23-19-7-1-16(2-8-19)13-26-20(28)14-30-22(26)18-5-3-17(4-6-18)21(29)25-11-9-24(15-27)10-12-25/h1-8,15,22H,9-14H2/t22-/m0/s1. The van der Waals surface area contributed by atoms with Crippen molar-refractivity contribution in [1.82, 2.24) is 14.7 Å². The van der Waals surface area contributed by atoms with Crippen molar-refractivity contribution in [2.45, 2.75) is 11.9 Å². The van der Waals surface area contributed by atoms with Crippen LogP contribution in [0.2, 0.25) is 5.02 Å². The number of piperazine rings is 1. The van der Waals surface area contributed by atoms with Crippen LogP contribution in [0.1, 0.15) is 26.9 Å². The van der Waals surface area contributed by atoms with E-state index >= 15 is 0 Å². The molecule has 2 aliphatic heterocycles. The van der Waals surface area contributed by atoms with Gasteiger partial charge in [0.15, 0.2) is 0 Å². The van der Waals surface area contributed by atoms with Gasteiger partial charge in [-0.25, -0.2) is 0 Å². The third-order valence-corrected chi connectivity index (χ3v) is 6.94. The number of hydrogen-bond acceptors (Lipinski definition) is 4. The molecule has 6 nitrogen and oxygen atoms in total. The summed E-state index contributed by atoms with van der Waals surface area (Å²) in [4.78, 5) is 41.4. The smallest absolute Gasteiger partial charge is 0.253 e. The molecular formula is C22H22ClN3O3S. The number of carbonyl (C=O) groups excluding carboxylic acids is 3. The Balaban J connectivity index is 1.44. The van der Waals surface area contributed by atoms with Crippen molar-refractivity contribution in [2.75, 3.05) is 31.9 Å². The van der Waals surface area contributed by atoms with Crippen molar-refractivity contribution in [3.63, 3.8) is 0 Å². The maximum atomic E-state index is 12.8. The summed E-state index contributed by atoms with van der Waals surface area (Å²) in [7, 11) is 0. The average molecular weight is 444 g/mol. The van der Waals surface area contributed by atoms with E-state index in [1.807, 2.05) is 53.4 Å². The molecule has 30 heavy (non-hydrogen) atoms. The number of benzene rings is 2. The Labute approximate surface area is 184 Å². The van der Waals surface area contributed by atoms with E-state index in [0.29, 0.717) is 49.1 Å². The van der Waals surface area contributed by atoms with Crippen molar-refractivity contribution >= 4 is 41.6 Å². The summed E-state index contributed by atoms with van der Waals surface area (Å²) in [5.74, 6) is 0.522. The fraction of sp³-hybridized carbons (Fsp3) is 0.318. The Bertz CT molecular complexity index is 928. The van der Waals surface area contributed by atoms with Crippen molar-refractivity contribution in [3.8, 4) is 0 Å². The Morgan fingerprint density at radius 3 is 2.33 bits per heavy atom. The summed E-state index contributed by atoms with van der Waals surface area (Å²) in [6.45, 7) is 2.74. The van der Waals surface area contributed by atoms with Crippen LogP contribution in [0.15, 0.2) is 48.5 Å². The maximum absolute atomic E-state index is 12.8. The first-order chi connectivity index (χ1) is 14.5. The normalized spacial score (nSPS) is 19.3. The lowest BCUT2D eigenvalue weighted by atomic mass is 10.1. The van der Waals surface area contributed by atoms with Crippen LogP contribution < -0.4 is 0 Å². The zero-order valence-corrected chi connectivity index (χ0v) is 17.9. The third-order valence-electron chi connectivity index (χ3n) is 5.43. The molecule has 2 saturated heterocycles. The quantitative estimate of drug-likeness (QED) is 0.666. The first-order valence-corrected chi connectivity index (χ1v) is 11.2. The van der Waals surface area contributed by atoms with Crippen LogP contribution >= 0.6 is 23.4 Å². The summed E-state index contributed by atoms with van der Waals surface area (Å²) >= 11 is 7.55. The number of carbonyl (C=O) groups is 3. The van der Waals surface area contributed by atoms with E-state index in [0.717, 1.165) is 17.5 Å². The molecule has 0 N–H and O–H groups in total. The van der Waals surface area contributed by atoms with Gasteiger partial charge in [-0.3, -0.25) is 14.4 Å². The predicted molar refractivity (Wildman–Crippen MR) is 117 cm³/mol. The summed E-state index contributed by atoms with van der Waals surface area (Å²) < 4.78 is 0. The van der Waals surface area contributed by atoms with E-state index in [4.69, 9.17) is 11.6 Å². The zero-order valence-electron chi connectivity index (χ0n) is 16.4. The van der Waals surface area contributed by atoms with Gasteiger partial charge in [0.1, 0.15) is 5.37 Å². The third kappa shape index (κ3) is 4.47. The SMILES string of the molecule is O=CN1CCN(C(=O)c2ccc([C@@H]3SCC(=O)N3Cc3ccc(Cl)cc3)cc2)CC1. The van der Waals surface area contributed by atoms with Crippen LogP contribution in [-0.4, -0.2) is 64.9 Å². The van der Waals surface area contributed by atoms with E-state index in [1.54, 1.807) is 21.6 Å². The number of hydrogen-bond donors (Lipinski definition) is 0. The monoisotopic (exact) mass is 443 g/mol. The van der Waals surface area contributed by atoms with Crippen LogP contribution in [0, 0.1) is 0 Å². The number of nitrogens with zero attached hydrogens (tertiary/aromatic N) is 3. The highest BCUT2D eigenvalue weighted by molar-refractivity contribution is 8.00. The van der Waals surface area contributed by atoms with Crippen molar-refractivity contribution < 1.29 is 14.4 Å². The molecule has 8 heteroatoms. The average Bonchev–Trinajstić information content (AvgIpc) is 3.15. The molecule has 156 valence electrons. The fourth-order valence-electron chi connectivity index (χ4n) is 3.69. The fourth-order valence-corrected chi connectivity index (χ4v) is 5.00. The van der Waals surface area contributed by atoms with Gasteiger partial charge in [-0.2, -0.15) is 0 Å². The van der Waals surface area contributed by atoms with E-state index in [1.165, 1.54) is 0 Å². The maximum Gasteiger partial charge on any atom is 0.253 e. The lowest BCUT2D eigenvalue weighted by molar-refractivity contribution is -0.128. The van der Waals surface area contributed by atoms with E-state index < -0.39 is 0 Å². The molecule has 2 aliphatic rings. The van der Waals surface area contributed by atoms with Gasteiger partial charge in [0.05, 0.1) is 5.75 Å². The predicted octanol–water partition coefficient (Wildman–Crippen LogP) is 3.03. The van der Waals surface area contributed by atoms with Crippen molar-refractivity contribution in [2.24, 2.45) is 0 Å². The van der Waals surface area contributed by atoms with Crippen molar-refractivity contribution in [1.29, 1.82) is 0 Å². The van der Waals surface area contributed by atoms with Gasteiger partial charge in [0, 0.05) is 43.3 Å². The second-order valence-electron chi connectivity index (χ2n) is 7.37. The van der Waals surface area contributed by atoms with Crippen LogP contribution in [0.4, 0.5) is 0 Å². The first kappa shape index (κ1) is 20.8. The minimum absolute atomic E-state index is 0.0275. The van der Waals surface area contributed by atoms with Gasteiger partial charge >= 0.3 is 0 Å². The van der Waals surface area contributed by atoms with E-state index in [9.17, 15) is 14.4 Å². The number of amides is 3. The number of rotatable bonds is 5. The van der Waals surface area contributed by atoms with Gasteiger partial charge in [0.25, 0.3) is 5.91 Å². The number of halogens is 1. The Hall–Kier alpha value is -2.51. The summed E-state index contributed by atoms with van der Waals surface area (Å²) in [6, 6.07) is 15.0. The van der Waals surface area contributed by atoms with E-state index in [-0.39, 0.29) is 17.2 Å². The largest absolute Gasteiger partial charge is 0.342 e. The van der Waals surface area contributed by atoms with Crippen molar-refractivity contribution in [3.05, 3.63) is 70.2 Å². The molecule has 2 heterocycles. The molecular weight excluding hydrogens is 422 g/mol. The molecule has 3 amide bonds. The van der Waals surface area contributed by atoms with Gasteiger partial charge in [-0.05, 0) is 35.4 Å². The molecule has 2 fully saturated rings. The van der Waals surface area contributed by atoms with Crippen LogP contribution in [0.25, 0.3) is 0 Å². The topological polar surface area (TPSA) is 60.9 Å². The summed E-state index contributed by atoms with van der Waals surface area (Å²) in [5.41, 5.74) is 2.65. The van der Waals surface area contributed by atoms with Gasteiger partial charge in [-0.15, -0.1) is 11.8 Å². The second kappa shape index (κ2) is 9.10. The molecule has 2 aromatic carbocycles. The summed E-state index contributed by atoms with van der Waals surface area (Å²) in [5, 5.41) is 0.596. The molecule has 2 aromatic rings. The first-order valence-electron chi connectivity index (χ1n) is 9.79. The minimum atomic E-state index is -0.0755. The Morgan fingerprint density at radius 1 is 1.03 bits per heavy atom. The van der Waals surface area contributed by atoms with E-state index in [2.05, 4.69) is 0 Å². The molecule has 4 rings (SSSR count). The highest BCUT2D eigenvalue weighted by atomic mass is 35.5. The van der Waals surface area contributed by atoms with Gasteiger partial charge in [0.2, 0.25) is 12.3 Å². The molecule has 0 aliphatic carbocycles. The molecule has 0 aromatic heterocycles. The highest BCUT2D eigenvalue weighted by Gasteiger charge is 2.33. The van der Waals surface area contributed by atoms with Crippen LogP contribution in [-0.2, 0) is 16.1 Å². The minimum Gasteiger partial charge on any atom is -0.342 e. The van der Waals surface area contributed by atoms with Crippen LogP contribution in [0.3, 0.4) is 0 Å². The van der Waals surface area contributed by atoms with Gasteiger partial charge < -0.3 is 14.7 Å². The molecule has 0 radical (unpaired) electrons. The molecule has 0 spiro atoms. The Kier molecular flexibility index (Phi) is 6.29. The molecule has 0 saturated carbocycles. The lowest BCUT2D eigenvalue weighted by Gasteiger charge is -2.32. The Morgan fingerprint density at radius 2 is 1.70 bits per heavy atom. The molecule has 1 atom stereocenters. The van der Waals surface area contributed by atoms with Gasteiger partial charge in [-0.1, -0.05) is 35.9 Å². The lowest BCUT2D eigenvalue weighted by Crippen LogP contribution is -2.48. The highest BCUT2D eigenvalue weighted by Crippen LogP contribution is 2.39. The zero-order chi connectivity index (χ0) is 21.1.